The Balaban J connectivity index is 1.62. The number of ether oxygens (including phenoxy) is 1. The van der Waals surface area contributed by atoms with E-state index in [9.17, 15) is 9.59 Å². The lowest BCUT2D eigenvalue weighted by Gasteiger charge is -2.35. The molecule has 3 heterocycles. The second-order valence-electron chi connectivity index (χ2n) is 6.81. The first-order valence-corrected chi connectivity index (χ1v) is 9.37. The molecule has 0 radical (unpaired) electrons. The fourth-order valence-electron chi connectivity index (χ4n) is 3.52. The second-order valence-corrected chi connectivity index (χ2v) is 7.17. The molecule has 26 heavy (non-hydrogen) atoms. The maximum Gasteiger partial charge on any atom is 0.246 e. The minimum absolute atomic E-state index is 0.0937. The largest absolute Gasteiger partial charge is 0.378 e. The van der Waals surface area contributed by atoms with Crippen LogP contribution >= 0.6 is 11.6 Å². The Morgan fingerprint density at radius 2 is 1.96 bits per heavy atom. The molecule has 3 rings (SSSR count). The van der Waals surface area contributed by atoms with Crippen LogP contribution in [0.1, 0.15) is 24.1 Å². The number of nitrogens with zero attached hydrogens (tertiary/aromatic N) is 4. The third-order valence-electron chi connectivity index (χ3n) is 4.99. The van der Waals surface area contributed by atoms with Crippen molar-refractivity contribution in [2.24, 2.45) is 13.0 Å². The Kier molecular flexibility index (Phi) is 5.98. The van der Waals surface area contributed by atoms with E-state index in [1.54, 1.807) is 22.7 Å². The minimum Gasteiger partial charge on any atom is -0.378 e. The van der Waals surface area contributed by atoms with Crippen LogP contribution in [0, 0.1) is 12.8 Å². The molecule has 0 spiro atoms. The van der Waals surface area contributed by atoms with E-state index in [1.807, 2.05) is 11.8 Å². The fraction of sp³-hybridized carbons (Fsp3) is 0.611. The van der Waals surface area contributed by atoms with Crippen molar-refractivity contribution in [3.63, 3.8) is 0 Å². The van der Waals surface area contributed by atoms with Crippen LogP contribution in [0.25, 0.3) is 6.08 Å². The van der Waals surface area contributed by atoms with Crippen LogP contribution in [0.4, 0.5) is 0 Å². The molecule has 0 saturated carbocycles. The Hall–Kier alpha value is -1.86. The number of hydrogen-bond acceptors (Lipinski definition) is 4. The molecule has 0 aromatic carbocycles. The van der Waals surface area contributed by atoms with E-state index < -0.39 is 0 Å². The number of hydrogen-bond donors (Lipinski definition) is 0. The van der Waals surface area contributed by atoms with Crippen molar-refractivity contribution < 1.29 is 14.3 Å². The summed E-state index contributed by atoms with van der Waals surface area (Å²) in [5.74, 6) is -0.0763. The molecule has 8 heteroatoms. The fourth-order valence-corrected chi connectivity index (χ4v) is 3.75. The SMILES string of the molecule is Cc1nn(C)c(Cl)c1/C=C/C(=O)N1CCCC(C(=O)N2CCOCC2)C1. The number of carbonyl (C=O) groups excluding carboxylic acids is 2. The molecule has 2 amide bonds. The van der Waals surface area contributed by atoms with Crippen molar-refractivity contribution in [3.8, 4) is 0 Å². The van der Waals surface area contributed by atoms with Gasteiger partial charge >= 0.3 is 0 Å². The van der Waals surface area contributed by atoms with Gasteiger partial charge in [-0.15, -0.1) is 0 Å². The minimum atomic E-state index is -0.122. The number of aromatic nitrogens is 2. The van der Waals surface area contributed by atoms with Gasteiger partial charge in [0.2, 0.25) is 11.8 Å². The smallest absolute Gasteiger partial charge is 0.246 e. The summed E-state index contributed by atoms with van der Waals surface area (Å²) in [6.07, 6.45) is 4.90. The summed E-state index contributed by atoms with van der Waals surface area (Å²) in [4.78, 5) is 28.9. The lowest BCUT2D eigenvalue weighted by Crippen LogP contribution is -2.49. The van der Waals surface area contributed by atoms with Crippen LogP contribution in [-0.4, -0.2) is 70.8 Å². The first-order chi connectivity index (χ1) is 12.5. The van der Waals surface area contributed by atoms with Crippen molar-refractivity contribution in [3.05, 3.63) is 22.5 Å². The third-order valence-corrected chi connectivity index (χ3v) is 5.44. The van der Waals surface area contributed by atoms with E-state index in [0.29, 0.717) is 44.5 Å². The van der Waals surface area contributed by atoms with Crippen molar-refractivity contribution in [1.29, 1.82) is 0 Å². The average molecular weight is 381 g/mol. The topological polar surface area (TPSA) is 67.7 Å². The summed E-state index contributed by atoms with van der Waals surface area (Å²) in [6, 6.07) is 0. The van der Waals surface area contributed by atoms with E-state index in [0.717, 1.165) is 24.1 Å². The molecular weight excluding hydrogens is 356 g/mol. The van der Waals surface area contributed by atoms with E-state index >= 15 is 0 Å². The normalized spacial score (nSPS) is 21.4. The van der Waals surface area contributed by atoms with Gasteiger partial charge in [0, 0.05) is 44.9 Å². The van der Waals surface area contributed by atoms with Crippen LogP contribution in [0.5, 0.6) is 0 Å². The lowest BCUT2D eigenvalue weighted by atomic mass is 9.96. The van der Waals surface area contributed by atoms with Gasteiger partial charge in [-0.1, -0.05) is 11.6 Å². The number of likely N-dealkylation sites (tertiary alicyclic amines) is 1. The number of morpholine rings is 1. The molecule has 1 unspecified atom stereocenters. The zero-order valence-electron chi connectivity index (χ0n) is 15.3. The Morgan fingerprint density at radius 3 is 2.62 bits per heavy atom. The molecule has 0 aliphatic carbocycles. The highest BCUT2D eigenvalue weighted by atomic mass is 35.5. The number of piperidine rings is 1. The van der Waals surface area contributed by atoms with Gasteiger partial charge in [0.1, 0.15) is 5.15 Å². The van der Waals surface area contributed by atoms with E-state index in [1.165, 1.54) is 6.08 Å². The summed E-state index contributed by atoms with van der Waals surface area (Å²) in [7, 11) is 1.76. The molecule has 0 bridgehead atoms. The van der Waals surface area contributed by atoms with Crippen molar-refractivity contribution >= 4 is 29.5 Å². The molecule has 1 atom stereocenters. The number of amides is 2. The highest BCUT2D eigenvalue weighted by Crippen LogP contribution is 2.22. The van der Waals surface area contributed by atoms with Crippen LogP contribution in [0.2, 0.25) is 5.15 Å². The summed E-state index contributed by atoms with van der Waals surface area (Å²) >= 11 is 6.20. The molecular formula is C18H25ClN4O3. The maximum absolute atomic E-state index is 12.7. The molecule has 142 valence electrons. The molecule has 0 N–H and O–H groups in total. The van der Waals surface area contributed by atoms with Gasteiger partial charge in [0.15, 0.2) is 0 Å². The van der Waals surface area contributed by atoms with Crippen LogP contribution in [-0.2, 0) is 21.4 Å². The van der Waals surface area contributed by atoms with Gasteiger partial charge in [0.05, 0.1) is 24.8 Å². The summed E-state index contributed by atoms with van der Waals surface area (Å²) in [5, 5.41) is 4.74. The zero-order chi connectivity index (χ0) is 18.7. The second kappa shape index (κ2) is 8.22. The van der Waals surface area contributed by atoms with Gasteiger partial charge in [0.25, 0.3) is 0 Å². The van der Waals surface area contributed by atoms with Crippen molar-refractivity contribution in [2.75, 3.05) is 39.4 Å². The van der Waals surface area contributed by atoms with E-state index in [4.69, 9.17) is 16.3 Å². The van der Waals surface area contributed by atoms with Gasteiger partial charge in [-0.3, -0.25) is 14.3 Å². The molecule has 1 aromatic rings. The summed E-state index contributed by atoms with van der Waals surface area (Å²) in [6.45, 7) is 5.47. The number of aryl methyl sites for hydroxylation is 2. The third kappa shape index (κ3) is 4.10. The predicted octanol–water partition coefficient (Wildman–Crippen LogP) is 1.49. The predicted molar refractivity (Wildman–Crippen MR) is 98.7 cm³/mol. The van der Waals surface area contributed by atoms with Gasteiger partial charge in [-0.2, -0.15) is 5.10 Å². The van der Waals surface area contributed by atoms with E-state index in [-0.39, 0.29) is 17.7 Å². The van der Waals surface area contributed by atoms with Crippen LogP contribution in [0.15, 0.2) is 6.08 Å². The first kappa shape index (κ1) is 18.9. The molecule has 1 aromatic heterocycles. The molecule has 2 fully saturated rings. The average Bonchev–Trinajstić information content (AvgIpc) is 2.91. The summed E-state index contributed by atoms with van der Waals surface area (Å²) < 4.78 is 6.89. The van der Waals surface area contributed by atoms with Crippen LogP contribution < -0.4 is 0 Å². The quantitative estimate of drug-likeness (QED) is 0.745. The van der Waals surface area contributed by atoms with Crippen molar-refractivity contribution in [1.82, 2.24) is 19.6 Å². The Morgan fingerprint density at radius 1 is 1.23 bits per heavy atom. The van der Waals surface area contributed by atoms with E-state index in [2.05, 4.69) is 5.10 Å². The number of carbonyl (C=O) groups is 2. The van der Waals surface area contributed by atoms with Gasteiger partial charge < -0.3 is 14.5 Å². The van der Waals surface area contributed by atoms with Gasteiger partial charge in [-0.05, 0) is 25.8 Å². The molecule has 2 saturated heterocycles. The molecule has 2 aliphatic rings. The Labute approximate surface area is 158 Å². The highest BCUT2D eigenvalue weighted by molar-refractivity contribution is 6.31. The summed E-state index contributed by atoms with van der Waals surface area (Å²) in [5.41, 5.74) is 1.53. The highest BCUT2D eigenvalue weighted by Gasteiger charge is 2.31. The number of rotatable bonds is 3. The lowest BCUT2D eigenvalue weighted by molar-refractivity contribution is -0.143. The van der Waals surface area contributed by atoms with Crippen molar-refractivity contribution in [2.45, 2.75) is 19.8 Å². The monoisotopic (exact) mass is 380 g/mol. The number of halogens is 1. The maximum atomic E-state index is 12.7. The Bertz CT molecular complexity index is 710. The zero-order valence-corrected chi connectivity index (χ0v) is 16.0. The molecule has 2 aliphatic heterocycles. The first-order valence-electron chi connectivity index (χ1n) is 9.00. The standard InChI is InChI=1S/C18H25ClN4O3/c1-13-15(17(19)21(2)20-13)5-6-16(24)23-7-3-4-14(12-23)18(25)22-8-10-26-11-9-22/h5-6,14H,3-4,7-12H2,1-2H3/b6-5+. The van der Waals surface area contributed by atoms with Gasteiger partial charge in [-0.25, -0.2) is 0 Å². The molecule has 7 nitrogen and oxygen atoms in total. The van der Waals surface area contributed by atoms with Crippen LogP contribution in [0.3, 0.4) is 0 Å².